The fourth-order valence-electron chi connectivity index (χ4n) is 1.92. The van der Waals surface area contributed by atoms with Gasteiger partial charge in [0.15, 0.2) is 0 Å². The fraction of sp³-hybridized carbons (Fsp3) is 0.636. The molecule has 1 aromatic rings. The Morgan fingerprint density at radius 1 is 1.56 bits per heavy atom. The first kappa shape index (κ1) is 11.5. The van der Waals surface area contributed by atoms with Crippen molar-refractivity contribution in [1.29, 1.82) is 0 Å². The van der Waals surface area contributed by atoms with E-state index in [1.807, 2.05) is 13.1 Å². The number of aryl methyl sites for hydroxylation is 1. The summed E-state index contributed by atoms with van der Waals surface area (Å²) in [6.45, 7) is 4.87. The van der Waals surface area contributed by atoms with Crippen LogP contribution in [0.4, 0.5) is 5.82 Å². The Balaban J connectivity index is 2.30. The summed E-state index contributed by atoms with van der Waals surface area (Å²) in [5.41, 5.74) is 1.02. The Hall–Kier alpha value is -0.970. The van der Waals surface area contributed by atoms with Crippen molar-refractivity contribution in [3.8, 4) is 0 Å². The molecule has 2 heterocycles. The third-order valence-corrected chi connectivity index (χ3v) is 3.19. The predicted molar refractivity (Wildman–Crippen MR) is 67.0 cm³/mol. The summed E-state index contributed by atoms with van der Waals surface area (Å²) in [5.74, 6) is 1.40. The average Bonchev–Trinajstić information content (AvgIpc) is 2.69. The lowest BCUT2D eigenvalue weighted by Crippen LogP contribution is -2.26. The van der Waals surface area contributed by atoms with Crippen molar-refractivity contribution in [1.82, 2.24) is 9.78 Å². The van der Waals surface area contributed by atoms with Crippen LogP contribution in [0.3, 0.4) is 0 Å². The van der Waals surface area contributed by atoms with Gasteiger partial charge < -0.3 is 0 Å². The zero-order chi connectivity index (χ0) is 11.9. The van der Waals surface area contributed by atoms with Gasteiger partial charge in [0.2, 0.25) is 5.91 Å². The number of amides is 1. The van der Waals surface area contributed by atoms with Crippen LogP contribution in [0.15, 0.2) is 6.07 Å². The van der Waals surface area contributed by atoms with Crippen molar-refractivity contribution in [2.75, 3.05) is 11.4 Å². The number of carbonyl (C=O) groups is 1. The van der Waals surface area contributed by atoms with Gasteiger partial charge in [-0.15, -0.1) is 0 Å². The van der Waals surface area contributed by atoms with Crippen LogP contribution in [0.25, 0.3) is 0 Å². The SMILES string of the molecule is CC(C)c1cc(N2CC(S)CC2=O)n(C)n1. The Bertz CT molecular complexity index is 413. The van der Waals surface area contributed by atoms with E-state index in [-0.39, 0.29) is 11.2 Å². The van der Waals surface area contributed by atoms with Crippen LogP contribution in [0, 0.1) is 0 Å². The Kier molecular flexibility index (Phi) is 2.97. The molecule has 88 valence electrons. The van der Waals surface area contributed by atoms with E-state index in [0.29, 0.717) is 18.9 Å². The molecule has 0 radical (unpaired) electrons. The second-order valence-corrected chi connectivity index (χ2v) is 5.30. The maximum Gasteiger partial charge on any atom is 0.229 e. The van der Waals surface area contributed by atoms with Gasteiger partial charge in [0.05, 0.1) is 5.69 Å². The van der Waals surface area contributed by atoms with Crippen LogP contribution >= 0.6 is 12.6 Å². The molecule has 16 heavy (non-hydrogen) atoms. The number of rotatable bonds is 2. The molecular formula is C11H17N3OS. The van der Waals surface area contributed by atoms with Gasteiger partial charge in [0, 0.05) is 31.3 Å². The zero-order valence-electron chi connectivity index (χ0n) is 9.84. The lowest BCUT2D eigenvalue weighted by Gasteiger charge is -2.15. The third-order valence-electron chi connectivity index (χ3n) is 2.85. The minimum absolute atomic E-state index is 0.137. The Morgan fingerprint density at radius 3 is 2.69 bits per heavy atom. The summed E-state index contributed by atoms with van der Waals surface area (Å²) in [7, 11) is 1.88. The van der Waals surface area contributed by atoms with Crippen molar-refractivity contribution in [2.24, 2.45) is 7.05 Å². The van der Waals surface area contributed by atoms with Crippen LogP contribution in [0.5, 0.6) is 0 Å². The summed E-state index contributed by atoms with van der Waals surface area (Å²) >= 11 is 4.35. The van der Waals surface area contributed by atoms with Gasteiger partial charge in [-0.05, 0) is 5.92 Å². The molecule has 2 rings (SSSR count). The van der Waals surface area contributed by atoms with Gasteiger partial charge in [0.1, 0.15) is 5.82 Å². The van der Waals surface area contributed by atoms with E-state index in [1.54, 1.807) is 9.58 Å². The molecule has 1 aliphatic heterocycles. The molecule has 0 spiro atoms. The highest BCUT2D eigenvalue weighted by Crippen LogP contribution is 2.26. The third kappa shape index (κ3) is 1.96. The van der Waals surface area contributed by atoms with Crippen molar-refractivity contribution < 1.29 is 4.79 Å². The van der Waals surface area contributed by atoms with Crippen molar-refractivity contribution in [3.63, 3.8) is 0 Å². The van der Waals surface area contributed by atoms with Crippen molar-refractivity contribution in [2.45, 2.75) is 31.4 Å². The number of hydrogen-bond donors (Lipinski definition) is 1. The molecule has 0 saturated carbocycles. The molecule has 0 bridgehead atoms. The highest BCUT2D eigenvalue weighted by molar-refractivity contribution is 7.81. The summed E-state index contributed by atoms with van der Waals surface area (Å²) < 4.78 is 1.78. The lowest BCUT2D eigenvalue weighted by atomic mass is 10.1. The first-order chi connectivity index (χ1) is 7.49. The van der Waals surface area contributed by atoms with E-state index in [1.165, 1.54) is 0 Å². The van der Waals surface area contributed by atoms with Gasteiger partial charge in [0.25, 0.3) is 0 Å². The van der Waals surface area contributed by atoms with Gasteiger partial charge >= 0.3 is 0 Å². The number of aromatic nitrogens is 2. The largest absolute Gasteiger partial charge is 0.296 e. The quantitative estimate of drug-likeness (QED) is 0.796. The second-order valence-electron chi connectivity index (χ2n) is 4.57. The average molecular weight is 239 g/mol. The molecule has 0 aromatic carbocycles. The maximum absolute atomic E-state index is 11.8. The molecule has 1 atom stereocenters. The molecule has 1 saturated heterocycles. The molecule has 4 nitrogen and oxygen atoms in total. The molecular weight excluding hydrogens is 222 g/mol. The van der Waals surface area contributed by atoms with E-state index >= 15 is 0 Å². The summed E-state index contributed by atoms with van der Waals surface area (Å²) in [5, 5.41) is 4.56. The van der Waals surface area contributed by atoms with E-state index in [9.17, 15) is 4.79 Å². The highest BCUT2D eigenvalue weighted by Gasteiger charge is 2.30. The van der Waals surface area contributed by atoms with Crippen LogP contribution in [-0.4, -0.2) is 27.5 Å². The van der Waals surface area contributed by atoms with Gasteiger partial charge in [-0.25, -0.2) is 0 Å². The van der Waals surface area contributed by atoms with E-state index in [4.69, 9.17) is 0 Å². The molecule has 1 unspecified atom stereocenters. The second kappa shape index (κ2) is 4.13. The van der Waals surface area contributed by atoms with Crippen molar-refractivity contribution >= 4 is 24.4 Å². The summed E-state index contributed by atoms with van der Waals surface area (Å²) in [6, 6.07) is 1.99. The van der Waals surface area contributed by atoms with Gasteiger partial charge in [-0.1, -0.05) is 13.8 Å². The minimum Gasteiger partial charge on any atom is -0.296 e. The highest BCUT2D eigenvalue weighted by atomic mass is 32.1. The van der Waals surface area contributed by atoms with Crippen LogP contribution < -0.4 is 4.90 Å². The number of thiol groups is 1. The van der Waals surface area contributed by atoms with Crippen molar-refractivity contribution in [3.05, 3.63) is 11.8 Å². The smallest absolute Gasteiger partial charge is 0.229 e. The number of carbonyl (C=O) groups excluding carboxylic acids is 1. The van der Waals surface area contributed by atoms with Crippen LogP contribution in [0.1, 0.15) is 31.9 Å². The standard InChI is InChI=1S/C11H17N3OS/c1-7(2)9-5-10(13(3)12-9)14-6-8(16)4-11(14)15/h5,7-8,16H,4,6H2,1-3H3. The first-order valence-electron chi connectivity index (χ1n) is 5.51. The molecule has 1 amide bonds. The van der Waals surface area contributed by atoms with E-state index < -0.39 is 0 Å². The molecule has 5 heteroatoms. The summed E-state index contributed by atoms with van der Waals surface area (Å²) in [6.07, 6.45) is 0.519. The molecule has 0 N–H and O–H groups in total. The molecule has 1 aliphatic rings. The Morgan fingerprint density at radius 2 is 2.25 bits per heavy atom. The first-order valence-corrected chi connectivity index (χ1v) is 6.03. The van der Waals surface area contributed by atoms with Crippen LogP contribution in [-0.2, 0) is 11.8 Å². The molecule has 0 aliphatic carbocycles. The van der Waals surface area contributed by atoms with Crippen LogP contribution in [0.2, 0.25) is 0 Å². The molecule has 1 fully saturated rings. The monoisotopic (exact) mass is 239 g/mol. The fourth-order valence-corrected chi connectivity index (χ4v) is 2.24. The molecule has 1 aromatic heterocycles. The normalized spacial score (nSPS) is 21.2. The zero-order valence-corrected chi connectivity index (χ0v) is 10.7. The number of hydrogen-bond acceptors (Lipinski definition) is 3. The minimum atomic E-state index is 0.137. The predicted octanol–water partition coefficient (Wildman–Crippen LogP) is 1.58. The van der Waals surface area contributed by atoms with E-state index in [0.717, 1.165) is 11.5 Å². The topological polar surface area (TPSA) is 38.1 Å². The number of nitrogens with zero attached hydrogens (tertiary/aromatic N) is 3. The van der Waals surface area contributed by atoms with Gasteiger partial charge in [-0.2, -0.15) is 17.7 Å². The lowest BCUT2D eigenvalue weighted by molar-refractivity contribution is -0.117. The maximum atomic E-state index is 11.8. The van der Waals surface area contributed by atoms with Gasteiger partial charge in [-0.3, -0.25) is 14.4 Å². The summed E-state index contributed by atoms with van der Waals surface area (Å²) in [4.78, 5) is 13.5. The number of anilines is 1. The Labute approximate surface area is 101 Å². The van der Waals surface area contributed by atoms with E-state index in [2.05, 4.69) is 31.6 Å².